The third-order valence-corrected chi connectivity index (χ3v) is 4.79. The Balaban J connectivity index is 2.14. The number of halogens is 2. The van der Waals surface area contributed by atoms with Crippen molar-refractivity contribution in [2.45, 2.75) is 19.4 Å². The van der Waals surface area contributed by atoms with Crippen LogP contribution in [0, 0.1) is 6.92 Å². The van der Waals surface area contributed by atoms with Gasteiger partial charge in [0.15, 0.2) is 0 Å². The van der Waals surface area contributed by atoms with Gasteiger partial charge in [0.1, 0.15) is 0 Å². The molecule has 17 heavy (non-hydrogen) atoms. The average Bonchev–Trinajstić information content (AvgIpc) is 2.68. The highest BCUT2D eigenvalue weighted by Gasteiger charge is 2.10. The van der Waals surface area contributed by atoms with Crippen LogP contribution in [-0.2, 0) is 6.42 Å². The fourth-order valence-corrected chi connectivity index (χ4v) is 3.34. The maximum atomic E-state index is 6.19. The van der Waals surface area contributed by atoms with E-state index in [0.29, 0.717) is 0 Å². The summed E-state index contributed by atoms with van der Waals surface area (Å²) in [5, 5.41) is 2.86. The summed E-state index contributed by atoms with van der Waals surface area (Å²) in [4.78, 5) is 1.28. The van der Waals surface area contributed by atoms with Gasteiger partial charge in [0.2, 0.25) is 0 Å². The maximum absolute atomic E-state index is 6.19. The molecule has 2 aromatic rings. The SMILES string of the molecule is Cc1ccc(C(N)Cc2cc(Br)cs2)cc1Cl. The normalized spacial score (nSPS) is 12.7. The molecule has 90 valence electrons. The van der Waals surface area contributed by atoms with Crippen LogP contribution < -0.4 is 5.73 Å². The second-order valence-electron chi connectivity index (χ2n) is 4.05. The number of hydrogen-bond acceptors (Lipinski definition) is 2. The van der Waals surface area contributed by atoms with E-state index in [1.54, 1.807) is 11.3 Å². The monoisotopic (exact) mass is 329 g/mol. The Morgan fingerprint density at radius 3 is 2.76 bits per heavy atom. The molecule has 1 aromatic heterocycles. The molecule has 2 rings (SSSR count). The van der Waals surface area contributed by atoms with E-state index in [4.69, 9.17) is 17.3 Å². The van der Waals surface area contributed by atoms with Crippen LogP contribution in [0.2, 0.25) is 5.02 Å². The minimum Gasteiger partial charge on any atom is -0.324 e. The van der Waals surface area contributed by atoms with Crippen LogP contribution in [0.25, 0.3) is 0 Å². The molecular weight excluding hydrogens is 318 g/mol. The van der Waals surface area contributed by atoms with Crippen LogP contribution in [0.3, 0.4) is 0 Å². The van der Waals surface area contributed by atoms with Crippen LogP contribution >= 0.6 is 38.9 Å². The third kappa shape index (κ3) is 3.32. The Hall–Kier alpha value is -0.350. The smallest absolute Gasteiger partial charge is 0.0438 e. The molecule has 1 aromatic carbocycles. The van der Waals surface area contributed by atoms with Gasteiger partial charge in [-0.05, 0) is 46.1 Å². The number of aryl methyl sites for hydroxylation is 1. The molecule has 0 bridgehead atoms. The molecule has 0 aliphatic rings. The first-order valence-corrected chi connectivity index (χ1v) is 7.36. The van der Waals surface area contributed by atoms with E-state index < -0.39 is 0 Å². The van der Waals surface area contributed by atoms with Gasteiger partial charge in [-0.3, -0.25) is 0 Å². The molecule has 0 aliphatic heterocycles. The molecule has 1 unspecified atom stereocenters. The number of benzene rings is 1. The summed E-state index contributed by atoms with van der Waals surface area (Å²) in [7, 11) is 0. The minimum atomic E-state index is -0.00125. The van der Waals surface area contributed by atoms with Gasteiger partial charge in [-0.25, -0.2) is 0 Å². The van der Waals surface area contributed by atoms with Crippen molar-refractivity contribution < 1.29 is 0 Å². The zero-order valence-corrected chi connectivity index (χ0v) is 12.6. The van der Waals surface area contributed by atoms with Gasteiger partial charge in [-0.1, -0.05) is 23.7 Å². The molecule has 0 radical (unpaired) electrons. The van der Waals surface area contributed by atoms with E-state index in [9.17, 15) is 0 Å². The second-order valence-corrected chi connectivity index (χ2v) is 6.37. The molecule has 0 fully saturated rings. The molecule has 1 heterocycles. The van der Waals surface area contributed by atoms with Crippen LogP contribution in [-0.4, -0.2) is 0 Å². The standard InChI is InChI=1S/C13H13BrClNS/c1-8-2-3-9(4-12(8)15)13(16)6-11-5-10(14)7-17-11/h2-5,7,13H,6,16H2,1H3. The highest BCUT2D eigenvalue weighted by atomic mass is 79.9. The van der Waals surface area contributed by atoms with Crippen molar-refractivity contribution in [3.05, 3.63) is 55.1 Å². The fraction of sp³-hybridized carbons (Fsp3) is 0.231. The van der Waals surface area contributed by atoms with Crippen molar-refractivity contribution in [3.63, 3.8) is 0 Å². The van der Waals surface area contributed by atoms with Crippen molar-refractivity contribution in [2.24, 2.45) is 5.73 Å². The van der Waals surface area contributed by atoms with Crippen molar-refractivity contribution >= 4 is 38.9 Å². The fourth-order valence-electron chi connectivity index (χ4n) is 1.64. The van der Waals surface area contributed by atoms with Gasteiger partial charge in [-0.2, -0.15) is 0 Å². The first-order valence-electron chi connectivity index (χ1n) is 5.31. The summed E-state index contributed by atoms with van der Waals surface area (Å²) >= 11 is 11.3. The Morgan fingerprint density at radius 1 is 1.41 bits per heavy atom. The van der Waals surface area contributed by atoms with E-state index in [0.717, 1.165) is 27.0 Å². The topological polar surface area (TPSA) is 26.0 Å². The van der Waals surface area contributed by atoms with E-state index >= 15 is 0 Å². The summed E-state index contributed by atoms with van der Waals surface area (Å²) in [5.41, 5.74) is 8.36. The molecule has 0 saturated carbocycles. The van der Waals surface area contributed by atoms with Crippen molar-refractivity contribution in [1.29, 1.82) is 0 Å². The third-order valence-electron chi connectivity index (χ3n) is 2.67. The summed E-state index contributed by atoms with van der Waals surface area (Å²) in [6.45, 7) is 1.99. The highest BCUT2D eigenvalue weighted by Crippen LogP contribution is 2.26. The lowest BCUT2D eigenvalue weighted by Gasteiger charge is -2.12. The number of nitrogens with two attached hydrogens (primary N) is 1. The summed E-state index contributed by atoms with van der Waals surface area (Å²) < 4.78 is 1.12. The molecule has 0 saturated heterocycles. The minimum absolute atomic E-state index is 0.00125. The molecule has 0 aliphatic carbocycles. The van der Waals surface area contributed by atoms with Crippen LogP contribution in [0.1, 0.15) is 22.0 Å². The average molecular weight is 331 g/mol. The quantitative estimate of drug-likeness (QED) is 0.866. The van der Waals surface area contributed by atoms with Crippen LogP contribution in [0.15, 0.2) is 34.1 Å². The molecule has 0 spiro atoms. The lowest BCUT2D eigenvalue weighted by molar-refractivity contribution is 0.730. The Morgan fingerprint density at radius 2 is 2.18 bits per heavy atom. The lowest BCUT2D eigenvalue weighted by atomic mass is 10.0. The zero-order valence-electron chi connectivity index (χ0n) is 9.41. The Labute approximate surface area is 119 Å². The second kappa shape index (κ2) is 5.53. The Kier molecular flexibility index (Phi) is 4.26. The number of hydrogen-bond donors (Lipinski definition) is 1. The van der Waals surface area contributed by atoms with Gasteiger partial charge in [0, 0.05) is 32.2 Å². The van der Waals surface area contributed by atoms with Crippen molar-refractivity contribution in [2.75, 3.05) is 0 Å². The van der Waals surface area contributed by atoms with Crippen molar-refractivity contribution in [3.8, 4) is 0 Å². The first kappa shape index (κ1) is 13.1. The highest BCUT2D eigenvalue weighted by molar-refractivity contribution is 9.10. The molecule has 1 atom stereocenters. The largest absolute Gasteiger partial charge is 0.324 e. The zero-order chi connectivity index (χ0) is 12.4. The molecule has 2 N–H and O–H groups in total. The number of rotatable bonds is 3. The van der Waals surface area contributed by atoms with Crippen molar-refractivity contribution in [1.82, 2.24) is 0 Å². The maximum Gasteiger partial charge on any atom is 0.0438 e. The van der Waals surface area contributed by atoms with Gasteiger partial charge in [-0.15, -0.1) is 11.3 Å². The molecular formula is C13H13BrClNS. The predicted octanol–water partition coefficient (Wildman–Crippen LogP) is 4.71. The Bertz CT molecular complexity index is 524. The molecule has 1 nitrogen and oxygen atoms in total. The van der Waals surface area contributed by atoms with E-state index in [1.807, 2.05) is 19.1 Å². The predicted molar refractivity (Wildman–Crippen MR) is 78.8 cm³/mol. The van der Waals surface area contributed by atoms with Gasteiger partial charge in [0.25, 0.3) is 0 Å². The lowest BCUT2D eigenvalue weighted by Crippen LogP contribution is -2.12. The van der Waals surface area contributed by atoms with E-state index in [-0.39, 0.29) is 6.04 Å². The van der Waals surface area contributed by atoms with Gasteiger partial charge in [0.05, 0.1) is 0 Å². The summed E-state index contributed by atoms with van der Waals surface area (Å²) in [6, 6.07) is 8.14. The van der Waals surface area contributed by atoms with Gasteiger partial charge >= 0.3 is 0 Å². The van der Waals surface area contributed by atoms with E-state index in [2.05, 4.69) is 33.4 Å². The molecule has 4 heteroatoms. The van der Waals surface area contributed by atoms with E-state index in [1.165, 1.54) is 4.88 Å². The first-order chi connectivity index (χ1) is 8.06. The van der Waals surface area contributed by atoms with Crippen LogP contribution in [0.5, 0.6) is 0 Å². The number of thiophene rings is 1. The van der Waals surface area contributed by atoms with Gasteiger partial charge < -0.3 is 5.73 Å². The summed E-state index contributed by atoms with van der Waals surface area (Å²) in [5.74, 6) is 0. The summed E-state index contributed by atoms with van der Waals surface area (Å²) in [6.07, 6.45) is 0.843. The molecule has 0 amide bonds. The van der Waals surface area contributed by atoms with Crippen LogP contribution in [0.4, 0.5) is 0 Å².